The van der Waals surface area contributed by atoms with E-state index in [0.717, 1.165) is 11.1 Å². The van der Waals surface area contributed by atoms with Crippen LogP contribution in [0.2, 0.25) is 0 Å². The minimum atomic E-state index is -0.292. The fourth-order valence-corrected chi connectivity index (χ4v) is 2.47. The van der Waals surface area contributed by atoms with Gasteiger partial charge in [0.2, 0.25) is 0 Å². The van der Waals surface area contributed by atoms with Crippen molar-refractivity contribution >= 4 is 0 Å². The summed E-state index contributed by atoms with van der Waals surface area (Å²) in [7, 11) is 0. The van der Waals surface area contributed by atoms with Crippen molar-refractivity contribution in [2.45, 2.75) is 33.6 Å². The molecule has 0 N–H and O–H groups in total. The largest absolute Gasteiger partial charge is 0.207 e. The van der Waals surface area contributed by atoms with Gasteiger partial charge in [0.25, 0.3) is 0 Å². The van der Waals surface area contributed by atoms with Crippen LogP contribution >= 0.6 is 0 Å². The first kappa shape index (κ1) is 13.0. The highest BCUT2D eigenvalue weighted by Crippen LogP contribution is 2.44. The zero-order chi connectivity index (χ0) is 13.5. The zero-order valence-electron chi connectivity index (χ0n) is 11.2. The topological polar surface area (TPSA) is 0 Å². The van der Waals surface area contributed by atoms with Gasteiger partial charge in [-0.2, -0.15) is 0 Å². The second-order valence-corrected chi connectivity index (χ2v) is 5.59. The van der Waals surface area contributed by atoms with Gasteiger partial charge in [-0.3, -0.25) is 0 Å². The molecule has 1 aromatic rings. The zero-order valence-corrected chi connectivity index (χ0v) is 11.2. The second-order valence-electron chi connectivity index (χ2n) is 5.59. The molecule has 1 aliphatic carbocycles. The summed E-state index contributed by atoms with van der Waals surface area (Å²) in [6.07, 6.45) is 4.79. The summed E-state index contributed by atoms with van der Waals surface area (Å²) in [6.45, 7) is 7.84. The van der Waals surface area contributed by atoms with E-state index in [2.05, 4.69) is 0 Å². The molecule has 18 heavy (non-hydrogen) atoms. The Morgan fingerprint density at radius 1 is 1.11 bits per heavy atom. The highest BCUT2D eigenvalue weighted by molar-refractivity contribution is 5.43. The Morgan fingerprint density at radius 3 is 2.44 bits per heavy atom. The van der Waals surface area contributed by atoms with Crippen LogP contribution in [0.1, 0.15) is 36.5 Å². The van der Waals surface area contributed by atoms with Gasteiger partial charge in [0, 0.05) is 5.92 Å². The first-order chi connectivity index (χ1) is 8.33. The summed E-state index contributed by atoms with van der Waals surface area (Å²) in [4.78, 5) is 0. The lowest BCUT2D eigenvalue weighted by atomic mass is 9.71. The fourth-order valence-electron chi connectivity index (χ4n) is 2.47. The number of halogens is 2. The SMILES string of the molecule is Cc1ccc(F)c(C2C=C(F)C=CC2(C)C)c1C. The highest BCUT2D eigenvalue weighted by Gasteiger charge is 2.32. The predicted molar refractivity (Wildman–Crippen MR) is 70.7 cm³/mol. The molecule has 1 aliphatic rings. The van der Waals surface area contributed by atoms with E-state index in [9.17, 15) is 8.78 Å². The summed E-state index contributed by atoms with van der Waals surface area (Å²) >= 11 is 0. The van der Waals surface area contributed by atoms with Crippen molar-refractivity contribution in [3.8, 4) is 0 Å². The Bertz CT molecular complexity index is 536. The van der Waals surface area contributed by atoms with Crippen molar-refractivity contribution in [1.82, 2.24) is 0 Å². The smallest absolute Gasteiger partial charge is 0.127 e. The van der Waals surface area contributed by atoms with Gasteiger partial charge in [0.15, 0.2) is 0 Å². The van der Waals surface area contributed by atoms with Crippen molar-refractivity contribution in [2.75, 3.05) is 0 Å². The molecule has 0 saturated heterocycles. The van der Waals surface area contributed by atoms with Crippen LogP contribution in [0.4, 0.5) is 8.78 Å². The standard InChI is InChI=1S/C16H18F2/c1-10-5-6-14(18)15(11(10)2)13-9-12(17)7-8-16(13,3)4/h5-9,13H,1-4H3. The third-order valence-electron chi connectivity index (χ3n) is 3.84. The van der Waals surface area contributed by atoms with Crippen LogP contribution in [0, 0.1) is 25.1 Å². The third kappa shape index (κ3) is 2.12. The van der Waals surface area contributed by atoms with Crippen LogP contribution in [-0.2, 0) is 0 Å². The van der Waals surface area contributed by atoms with Crippen LogP contribution < -0.4 is 0 Å². The Kier molecular flexibility index (Phi) is 3.14. The van der Waals surface area contributed by atoms with Crippen LogP contribution in [-0.4, -0.2) is 0 Å². The molecule has 0 nitrogen and oxygen atoms in total. The maximum atomic E-state index is 14.1. The van der Waals surface area contributed by atoms with E-state index in [1.165, 1.54) is 18.2 Å². The molecule has 2 rings (SSSR count). The van der Waals surface area contributed by atoms with Crippen molar-refractivity contribution in [3.63, 3.8) is 0 Å². The summed E-state index contributed by atoms with van der Waals surface area (Å²) in [5.41, 5.74) is 2.27. The average Bonchev–Trinajstić information content (AvgIpc) is 2.29. The van der Waals surface area contributed by atoms with Crippen LogP contribution in [0.25, 0.3) is 0 Å². The molecule has 0 saturated carbocycles. The van der Waals surface area contributed by atoms with Crippen molar-refractivity contribution < 1.29 is 8.78 Å². The van der Waals surface area contributed by atoms with Gasteiger partial charge in [-0.15, -0.1) is 0 Å². The first-order valence-electron chi connectivity index (χ1n) is 6.15. The molecule has 0 aliphatic heterocycles. The average molecular weight is 248 g/mol. The first-order valence-corrected chi connectivity index (χ1v) is 6.15. The number of allylic oxidation sites excluding steroid dienone is 4. The number of benzene rings is 1. The number of hydrogen-bond donors (Lipinski definition) is 0. The lowest BCUT2D eigenvalue weighted by molar-refractivity contribution is 0.397. The van der Waals surface area contributed by atoms with E-state index >= 15 is 0 Å². The molecule has 0 aromatic heterocycles. The quantitative estimate of drug-likeness (QED) is 0.657. The third-order valence-corrected chi connectivity index (χ3v) is 3.84. The van der Waals surface area contributed by atoms with Gasteiger partial charge < -0.3 is 0 Å². The molecule has 2 heteroatoms. The summed E-state index contributed by atoms with van der Waals surface area (Å²) < 4.78 is 27.6. The lowest BCUT2D eigenvalue weighted by Crippen LogP contribution is -2.22. The van der Waals surface area contributed by atoms with E-state index < -0.39 is 0 Å². The minimum absolute atomic E-state index is 0.254. The molecule has 0 amide bonds. The van der Waals surface area contributed by atoms with Crippen LogP contribution in [0.15, 0.2) is 36.2 Å². The fraction of sp³-hybridized carbons (Fsp3) is 0.375. The maximum absolute atomic E-state index is 14.1. The maximum Gasteiger partial charge on any atom is 0.127 e. The van der Waals surface area contributed by atoms with E-state index in [-0.39, 0.29) is 23.0 Å². The molecule has 0 radical (unpaired) electrons. The Hall–Kier alpha value is -1.44. The van der Waals surface area contributed by atoms with Gasteiger partial charge in [0.05, 0.1) is 0 Å². The van der Waals surface area contributed by atoms with E-state index in [0.29, 0.717) is 5.56 Å². The van der Waals surface area contributed by atoms with E-state index in [1.807, 2.05) is 33.8 Å². The molecule has 0 heterocycles. The van der Waals surface area contributed by atoms with Gasteiger partial charge in [0.1, 0.15) is 11.6 Å². The van der Waals surface area contributed by atoms with E-state index in [1.54, 1.807) is 6.07 Å². The van der Waals surface area contributed by atoms with Crippen molar-refractivity contribution in [1.29, 1.82) is 0 Å². The van der Waals surface area contributed by atoms with Gasteiger partial charge in [-0.05, 0) is 54.2 Å². The molecule has 0 bridgehead atoms. The Labute approximate surface area is 107 Å². The summed E-state index contributed by atoms with van der Waals surface area (Å²) in [5, 5.41) is 0. The molecule has 96 valence electrons. The number of rotatable bonds is 1. The van der Waals surface area contributed by atoms with Crippen molar-refractivity contribution in [2.24, 2.45) is 5.41 Å². The summed E-state index contributed by atoms with van der Waals surface area (Å²) in [6, 6.07) is 3.23. The number of aryl methyl sites for hydroxylation is 1. The van der Waals surface area contributed by atoms with Crippen LogP contribution in [0.3, 0.4) is 0 Å². The molecular weight excluding hydrogens is 230 g/mol. The normalized spacial score (nSPS) is 21.9. The summed E-state index contributed by atoms with van der Waals surface area (Å²) in [5.74, 6) is -0.808. The molecule has 1 aromatic carbocycles. The van der Waals surface area contributed by atoms with Crippen molar-refractivity contribution in [3.05, 3.63) is 58.7 Å². The van der Waals surface area contributed by atoms with Gasteiger partial charge >= 0.3 is 0 Å². The lowest BCUT2D eigenvalue weighted by Gasteiger charge is -2.33. The van der Waals surface area contributed by atoms with E-state index in [4.69, 9.17) is 0 Å². The molecule has 0 spiro atoms. The van der Waals surface area contributed by atoms with Gasteiger partial charge in [-0.25, -0.2) is 8.78 Å². The van der Waals surface area contributed by atoms with Gasteiger partial charge in [-0.1, -0.05) is 26.0 Å². The monoisotopic (exact) mass is 248 g/mol. The minimum Gasteiger partial charge on any atom is -0.207 e. The Balaban J connectivity index is 2.62. The van der Waals surface area contributed by atoms with Crippen LogP contribution in [0.5, 0.6) is 0 Å². The highest BCUT2D eigenvalue weighted by atomic mass is 19.1. The molecule has 0 fully saturated rings. The second kappa shape index (κ2) is 4.34. The molecule has 1 unspecified atom stereocenters. The Morgan fingerprint density at radius 2 is 1.78 bits per heavy atom. The number of hydrogen-bond acceptors (Lipinski definition) is 0. The molecular formula is C16H18F2. The molecule has 1 atom stereocenters. The predicted octanol–water partition coefficient (Wildman–Crippen LogP) is 4.98.